The Labute approximate surface area is 127 Å². The average molecular weight is 293 g/mol. The Bertz CT molecular complexity index is 384. The van der Waals surface area contributed by atoms with Crippen molar-refractivity contribution < 1.29 is 4.74 Å². The summed E-state index contributed by atoms with van der Waals surface area (Å²) in [6.07, 6.45) is 2.96. The van der Waals surface area contributed by atoms with Gasteiger partial charge in [0.25, 0.3) is 0 Å². The number of hydrogen-bond donors (Lipinski definition) is 1. The lowest BCUT2D eigenvalue weighted by Crippen LogP contribution is -2.20. The zero-order chi connectivity index (χ0) is 14.4. The molecule has 1 aromatic carbocycles. The van der Waals surface area contributed by atoms with Crippen molar-refractivity contribution in [1.29, 1.82) is 0 Å². The van der Waals surface area contributed by atoms with Crippen LogP contribution in [0.1, 0.15) is 49.8 Å². The van der Waals surface area contributed by atoms with Crippen LogP contribution < -0.4 is 5.32 Å². The summed E-state index contributed by atoms with van der Waals surface area (Å²) in [4.78, 5) is 0. The first-order chi connectivity index (χ1) is 9.70. The quantitative estimate of drug-likeness (QED) is 0.821. The van der Waals surface area contributed by atoms with Crippen LogP contribution in [0.5, 0.6) is 0 Å². The van der Waals surface area contributed by atoms with Crippen LogP contribution in [0, 0.1) is 0 Å². The zero-order valence-electron chi connectivity index (χ0n) is 12.9. The van der Waals surface area contributed by atoms with Crippen molar-refractivity contribution in [2.24, 2.45) is 0 Å². The molecule has 2 atom stereocenters. The minimum absolute atomic E-state index is 0.433. The van der Waals surface area contributed by atoms with Gasteiger partial charge in [-0.15, -0.1) is 0 Å². The maximum Gasteiger partial charge on any atom is 0.0666 e. The normalized spacial score (nSPS) is 20.5. The van der Waals surface area contributed by atoms with Gasteiger partial charge < -0.3 is 10.1 Å². The molecule has 1 aromatic rings. The highest BCUT2D eigenvalue weighted by Crippen LogP contribution is 2.23. The van der Waals surface area contributed by atoms with Gasteiger partial charge in [0.1, 0.15) is 0 Å². The number of nitrogens with one attached hydrogen (secondary N) is 1. The van der Waals surface area contributed by atoms with E-state index in [1.54, 1.807) is 0 Å². The van der Waals surface area contributed by atoms with E-state index < -0.39 is 0 Å². The summed E-state index contributed by atoms with van der Waals surface area (Å²) in [6, 6.07) is 9.48. The summed E-state index contributed by atoms with van der Waals surface area (Å²) in [5.41, 5.74) is 2.80. The van der Waals surface area contributed by atoms with Crippen LogP contribution in [0.4, 0.5) is 0 Å². The van der Waals surface area contributed by atoms with Crippen LogP contribution in [0.25, 0.3) is 0 Å². The molecule has 3 heteroatoms. The van der Waals surface area contributed by atoms with Crippen molar-refractivity contribution in [1.82, 2.24) is 5.32 Å². The van der Waals surface area contributed by atoms with Gasteiger partial charge in [0, 0.05) is 24.2 Å². The van der Waals surface area contributed by atoms with Gasteiger partial charge in [0.05, 0.1) is 6.10 Å². The van der Waals surface area contributed by atoms with E-state index in [4.69, 9.17) is 4.74 Å². The summed E-state index contributed by atoms with van der Waals surface area (Å²) in [6.45, 7) is 5.43. The molecule has 1 aliphatic heterocycles. The lowest BCUT2D eigenvalue weighted by atomic mass is 10.00. The molecule has 20 heavy (non-hydrogen) atoms. The van der Waals surface area contributed by atoms with Gasteiger partial charge in [0.2, 0.25) is 0 Å². The van der Waals surface area contributed by atoms with Crippen LogP contribution in [0.2, 0.25) is 0 Å². The molecule has 1 heterocycles. The number of ether oxygens (including phenoxy) is 1. The molecule has 1 saturated heterocycles. The summed E-state index contributed by atoms with van der Waals surface area (Å²) >= 11 is 2.00. The third kappa shape index (κ3) is 4.51. The van der Waals surface area contributed by atoms with Gasteiger partial charge >= 0.3 is 0 Å². The van der Waals surface area contributed by atoms with Gasteiger partial charge in [-0.2, -0.15) is 11.8 Å². The summed E-state index contributed by atoms with van der Waals surface area (Å²) in [5.74, 6) is 2.84. The second kappa shape index (κ2) is 8.06. The van der Waals surface area contributed by atoms with E-state index in [0.717, 1.165) is 18.1 Å². The number of hydrogen-bond acceptors (Lipinski definition) is 3. The molecule has 0 saturated carbocycles. The second-order valence-electron chi connectivity index (χ2n) is 5.84. The Morgan fingerprint density at radius 1 is 1.25 bits per heavy atom. The van der Waals surface area contributed by atoms with Crippen molar-refractivity contribution in [2.45, 2.75) is 44.8 Å². The van der Waals surface area contributed by atoms with E-state index in [2.05, 4.69) is 43.4 Å². The molecule has 0 bridgehead atoms. The first-order valence-electron chi connectivity index (χ1n) is 7.67. The molecule has 0 amide bonds. The smallest absolute Gasteiger partial charge is 0.0666 e. The fraction of sp³-hybridized carbons (Fsp3) is 0.647. The lowest BCUT2D eigenvalue weighted by Gasteiger charge is -2.18. The molecule has 0 radical (unpaired) electrons. The molecule has 0 aliphatic carbocycles. The molecule has 1 aliphatic rings. The topological polar surface area (TPSA) is 21.3 Å². The Kier molecular flexibility index (Phi) is 6.40. The molecule has 1 N–H and O–H groups in total. The first kappa shape index (κ1) is 15.9. The van der Waals surface area contributed by atoms with Crippen LogP contribution in [-0.4, -0.2) is 31.3 Å². The number of thioether (sulfide) groups is 1. The van der Waals surface area contributed by atoms with Gasteiger partial charge in [-0.3, -0.25) is 0 Å². The molecular formula is C17H27NOS. The monoisotopic (exact) mass is 293 g/mol. The number of rotatable bonds is 7. The molecule has 0 aromatic heterocycles. The molecular weight excluding hydrogens is 266 g/mol. The van der Waals surface area contributed by atoms with Crippen molar-refractivity contribution in [3.63, 3.8) is 0 Å². The maximum absolute atomic E-state index is 5.67. The van der Waals surface area contributed by atoms with Gasteiger partial charge in [-0.1, -0.05) is 38.1 Å². The fourth-order valence-corrected chi connectivity index (χ4v) is 3.81. The van der Waals surface area contributed by atoms with Gasteiger partial charge in [-0.05, 0) is 36.9 Å². The highest BCUT2D eigenvalue weighted by Gasteiger charge is 2.16. The largest absolute Gasteiger partial charge is 0.377 e. The fourth-order valence-electron chi connectivity index (χ4n) is 2.55. The van der Waals surface area contributed by atoms with Crippen molar-refractivity contribution in [2.75, 3.05) is 25.2 Å². The first-order valence-corrected chi connectivity index (χ1v) is 8.82. The van der Waals surface area contributed by atoms with Crippen LogP contribution in [-0.2, 0) is 4.74 Å². The van der Waals surface area contributed by atoms with E-state index in [-0.39, 0.29) is 0 Å². The Morgan fingerprint density at radius 3 is 2.50 bits per heavy atom. The standard InChI is InChI=1S/C17H27NOS/c1-13(2)14-6-8-15(9-7-14)17(18-3)12-20-11-16-5-4-10-19-16/h6-9,13,16-18H,4-5,10-12H2,1-3H3. The van der Waals surface area contributed by atoms with Crippen molar-refractivity contribution >= 4 is 11.8 Å². The van der Waals surface area contributed by atoms with E-state index in [0.29, 0.717) is 18.1 Å². The number of benzene rings is 1. The molecule has 1 fully saturated rings. The molecule has 112 valence electrons. The Morgan fingerprint density at radius 2 is 1.95 bits per heavy atom. The SMILES string of the molecule is CNC(CSCC1CCCO1)c1ccc(C(C)C)cc1. The Balaban J connectivity index is 1.83. The summed E-state index contributed by atoms with van der Waals surface area (Å²) in [7, 11) is 2.05. The van der Waals surface area contributed by atoms with Crippen molar-refractivity contribution in [3.8, 4) is 0 Å². The predicted octanol–water partition coefficient (Wildman–Crippen LogP) is 3.98. The third-order valence-electron chi connectivity index (χ3n) is 3.97. The molecule has 0 spiro atoms. The van der Waals surface area contributed by atoms with E-state index in [1.165, 1.54) is 24.0 Å². The predicted molar refractivity (Wildman–Crippen MR) is 88.6 cm³/mol. The minimum Gasteiger partial charge on any atom is -0.377 e. The zero-order valence-corrected chi connectivity index (χ0v) is 13.7. The van der Waals surface area contributed by atoms with Crippen LogP contribution >= 0.6 is 11.8 Å². The third-order valence-corrected chi connectivity index (χ3v) is 5.14. The van der Waals surface area contributed by atoms with E-state index in [1.807, 2.05) is 18.8 Å². The minimum atomic E-state index is 0.433. The van der Waals surface area contributed by atoms with Gasteiger partial charge in [-0.25, -0.2) is 0 Å². The summed E-state index contributed by atoms with van der Waals surface area (Å²) in [5, 5.41) is 3.43. The molecule has 2 nitrogen and oxygen atoms in total. The van der Waals surface area contributed by atoms with E-state index in [9.17, 15) is 0 Å². The average Bonchev–Trinajstić information content (AvgIpc) is 2.97. The van der Waals surface area contributed by atoms with Crippen molar-refractivity contribution in [3.05, 3.63) is 35.4 Å². The second-order valence-corrected chi connectivity index (χ2v) is 6.91. The highest BCUT2D eigenvalue weighted by molar-refractivity contribution is 7.99. The Hall–Kier alpha value is -0.510. The highest BCUT2D eigenvalue weighted by atomic mass is 32.2. The summed E-state index contributed by atoms with van der Waals surface area (Å²) < 4.78 is 5.67. The van der Waals surface area contributed by atoms with Crippen LogP contribution in [0.3, 0.4) is 0 Å². The van der Waals surface area contributed by atoms with Crippen LogP contribution in [0.15, 0.2) is 24.3 Å². The maximum atomic E-state index is 5.67. The van der Waals surface area contributed by atoms with Gasteiger partial charge in [0.15, 0.2) is 0 Å². The molecule has 2 rings (SSSR count). The lowest BCUT2D eigenvalue weighted by molar-refractivity contribution is 0.129. The molecule has 2 unspecified atom stereocenters. The van der Waals surface area contributed by atoms with E-state index >= 15 is 0 Å².